The molecule has 0 fully saturated rings. The highest BCUT2D eigenvalue weighted by molar-refractivity contribution is 5.99. The summed E-state index contributed by atoms with van der Waals surface area (Å²) in [5, 5.41) is 29.1. The summed E-state index contributed by atoms with van der Waals surface area (Å²) in [7, 11) is 0. The Balaban J connectivity index is 2.30. The van der Waals surface area contributed by atoms with Crippen LogP contribution in [0.25, 0.3) is 0 Å². The molecule has 0 aliphatic rings. The van der Waals surface area contributed by atoms with Crippen molar-refractivity contribution in [2.45, 2.75) is 13.2 Å². The number of hydroxylamine groups is 2. The molecule has 2 aromatic rings. The molecule has 0 saturated carbocycles. The molecular weight excluding hydrogens is 340 g/mol. The molecule has 1 aromatic heterocycles. The molecule has 0 saturated heterocycles. The second-order valence-electron chi connectivity index (χ2n) is 4.98. The zero-order chi connectivity index (χ0) is 18.7. The van der Waals surface area contributed by atoms with Gasteiger partial charge in [-0.2, -0.15) is 0 Å². The first-order chi connectivity index (χ1) is 11.8. The minimum absolute atomic E-state index is 0.0744. The molecular formula is C15H13F2N3O5. The second kappa shape index (κ2) is 7.20. The maximum Gasteiger partial charge on any atom is 0.299 e. The van der Waals surface area contributed by atoms with Crippen LogP contribution in [-0.4, -0.2) is 37.3 Å². The van der Waals surface area contributed by atoms with E-state index in [4.69, 9.17) is 5.73 Å². The molecule has 2 amide bonds. The Morgan fingerprint density at radius 1 is 1.24 bits per heavy atom. The number of aliphatic hydroxyl groups is 1. The molecule has 1 heterocycles. The maximum atomic E-state index is 13.2. The first-order valence-electron chi connectivity index (χ1n) is 6.82. The van der Waals surface area contributed by atoms with Gasteiger partial charge in [0.1, 0.15) is 0 Å². The monoisotopic (exact) mass is 353 g/mol. The van der Waals surface area contributed by atoms with Gasteiger partial charge in [-0.1, -0.05) is 6.07 Å². The summed E-state index contributed by atoms with van der Waals surface area (Å²) < 4.78 is 26.0. The molecule has 0 aliphatic carbocycles. The highest BCUT2D eigenvalue weighted by atomic mass is 19.2. The van der Waals surface area contributed by atoms with E-state index < -0.39 is 48.0 Å². The summed E-state index contributed by atoms with van der Waals surface area (Å²) in [6.45, 7) is -1.33. The van der Waals surface area contributed by atoms with E-state index in [2.05, 4.69) is 4.98 Å². The van der Waals surface area contributed by atoms with E-state index in [0.717, 1.165) is 24.4 Å². The minimum atomic E-state index is -1.19. The van der Waals surface area contributed by atoms with Gasteiger partial charge in [-0.25, -0.2) is 18.8 Å². The second-order valence-corrected chi connectivity index (χ2v) is 4.98. The topological polar surface area (TPSA) is 137 Å². The van der Waals surface area contributed by atoms with Gasteiger partial charge in [-0.15, -0.1) is 0 Å². The molecule has 0 spiro atoms. The summed E-state index contributed by atoms with van der Waals surface area (Å²) in [5.74, 6) is -5.24. The van der Waals surface area contributed by atoms with Crippen molar-refractivity contribution in [3.05, 3.63) is 58.4 Å². The summed E-state index contributed by atoms with van der Waals surface area (Å²) in [5.41, 5.74) is 3.87. The van der Waals surface area contributed by atoms with Gasteiger partial charge in [-0.3, -0.25) is 14.8 Å². The molecule has 0 atom stereocenters. The number of nitrogens with two attached hydrogens (primary N) is 1. The quantitative estimate of drug-likeness (QED) is 0.461. The van der Waals surface area contributed by atoms with Crippen LogP contribution in [0.3, 0.4) is 0 Å². The maximum absolute atomic E-state index is 13.2. The van der Waals surface area contributed by atoms with Crippen molar-refractivity contribution >= 4 is 11.8 Å². The number of halogens is 2. The third-order valence-electron chi connectivity index (χ3n) is 3.33. The zero-order valence-corrected chi connectivity index (χ0v) is 12.6. The number of amides is 2. The number of primary amides is 1. The van der Waals surface area contributed by atoms with Crippen molar-refractivity contribution in [1.29, 1.82) is 0 Å². The van der Waals surface area contributed by atoms with Crippen molar-refractivity contribution < 1.29 is 33.8 Å². The van der Waals surface area contributed by atoms with Crippen LogP contribution in [0.5, 0.6) is 5.75 Å². The molecule has 8 nitrogen and oxygen atoms in total. The Morgan fingerprint density at radius 3 is 2.48 bits per heavy atom. The molecule has 0 radical (unpaired) electrons. The van der Waals surface area contributed by atoms with E-state index in [1.165, 1.54) is 0 Å². The predicted molar refractivity (Wildman–Crippen MR) is 78.4 cm³/mol. The molecule has 1 aromatic carbocycles. The number of carbonyl (C=O) groups is 2. The van der Waals surface area contributed by atoms with Crippen molar-refractivity contribution in [3.63, 3.8) is 0 Å². The lowest BCUT2D eigenvalue weighted by Gasteiger charge is -2.16. The Morgan fingerprint density at radius 2 is 1.92 bits per heavy atom. The van der Waals surface area contributed by atoms with Crippen molar-refractivity contribution in [3.8, 4) is 5.75 Å². The third kappa shape index (κ3) is 3.70. The van der Waals surface area contributed by atoms with E-state index >= 15 is 0 Å². The van der Waals surface area contributed by atoms with Gasteiger partial charge in [0, 0.05) is 11.8 Å². The van der Waals surface area contributed by atoms with Crippen LogP contribution in [-0.2, 0) is 13.2 Å². The lowest BCUT2D eigenvalue weighted by atomic mass is 10.1. The van der Waals surface area contributed by atoms with Crippen LogP contribution in [0.15, 0.2) is 24.4 Å². The number of nitrogens with zero attached hydrogens (tertiary/aromatic N) is 2. The largest absolute Gasteiger partial charge is 0.505 e. The molecule has 10 heteroatoms. The fourth-order valence-electron chi connectivity index (χ4n) is 2.07. The molecule has 132 valence electrons. The summed E-state index contributed by atoms with van der Waals surface area (Å²) >= 11 is 0. The molecule has 2 rings (SSSR count). The molecule has 0 bridgehead atoms. The normalized spacial score (nSPS) is 10.6. The lowest BCUT2D eigenvalue weighted by Crippen LogP contribution is -2.28. The average molecular weight is 353 g/mol. The molecule has 0 unspecified atom stereocenters. The summed E-state index contributed by atoms with van der Waals surface area (Å²) in [6, 6.07) is 2.76. The standard InChI is InChI=1S/C15H13F2N3O5/c16-10-2-1-7(3-11(10)17)5-20(25)15(24)12-13(22)9(6-21)8(4-19-12)14(18)23/h1-4,21-22,25H,5-6H2,(H2,18,23). The highest BCUT2D eigenvalue weighted by Gasteiger charge is 2.24. The van der Waals surface area contributed by atoms with Crippen molar-refractivity contribution in [2.24, 2.45) is 5.73 Å². The van der Waals surface area contributed by atoms with Gasteiger partial charge in [0.15, 0.2) is 23.1 Å². The van der Waals surface area contributed by atoms with Gasteiger partial charge < -0.3 is 15.9 Å². The van der Waals surface area contributed by atoms with Crippen LogP contribution in [0.1, 0.15) is 32.0 Å². The summed E-state index contributed by atoms with van der Waals surface area (Å²) in [4.78, 5) is 26.9. The fraction of sp³-hybridized carbons (Fsp3) is 0.133. The van der Waals surface area contributed by atoms with Gasteiger partial charge in [0.2, 0.25) is 0 Å². The molecule has 0 aliphatic heterocycles. The third-order valence-corrected chi connectivity index (χ3v) is 3.33. The van der Waals surface area contributed by atoms with Crippen molar-refractivity contribution in [2.75, 3.05) is 0 Å². The average Bonchev–Trinajstić information content (AvgIpc) is 2.57. The zero-order valence-electron chi connectivity index (χ0n) is 12.6. The first kappa shape index (κ1) is 18.2. The smallest absolute Gasteiger partial charge is 0.299 e. The number of hydrogen-bond donors (Lipinski definition) is 4. The Bertz CT molecular complexity index is 844. The van der Waals surface area contributed by atoms with Gasteiger partial charge >= 0.3 is 0 Å². The van der Waals surface area contributed by atoms with Crippen LogP contribution in [0, 0.1) is 11.6 Å². The van der Waals surface area contributed by atoms with Gasteiger partial charge in [0.25, 0.3) is 11.8 Å². The van der Waals surface area contributed by atoms with Gasteiger partial charge in [-0.05, 0) is 17.7 Å². The number of hydrogen-bond acceptors (Lipinski definition) is 6. The molecule has 5 N–H and O–H groups in total. The van der Waals surface area contributed by atoms with Crippen LogP contribution < -0.4 is 5.73 Å². The Kier molecular flexibility index (Phi) is 5.25. The van der Waals surface area contributed by atoms with E-state index in [-0.39, 0.29) is 21.8 Å². The fourth-order valence-corrected chi connectivity index (χ4v) is 2.07. The van der Waals surface area contributed by atoms with E-state index in [9.17, 15) is 33.8 Å². The number of benzene rings is 1. The van der Waals surface area contributed by atoms with Crippen molar-refractivity contribution in [1.82, 2.24) is 10.0 Å². The number of aliphatic hydroxyl groups excluding tert-OH is 1. The Hall–Kier alpha value is -3.11. The SMILES string of the molecule is NC(=O)c1cnc(C(=O)N(O)Cc2ccc(F)c(F)c2)c(O)c1CO. The minimum Gasteiger partial charge on any atom is -0.505 e. The van der Waals surface area contributed by atoms with Crippen LogP contribution in [0.2, 0.25) is 0 Å². The number of pyridine rings is 1. The van der Waals surface area contributed by atoms with Crippen LogP contribution >= 0.6 is 0 Å². The van der Waals surface area contributed by atoms with Crippen LogP contribution in [0.4, 0.5) is 8.78 Å². The number of rotatable bonds is 5. The van der Waals surface area contributed by atoms with E-state index in [1.807, 2.05) is 0 Å². The lowest BCUT2D eigenvalue weighted by molar-refractivity contribution is -0.0654. The number of aromatic hydroxyl groups is 1. The predicted octanol–water partition coefficient (Wildman–Crippen LogP) is 0.688. The highest BCUT2D eigenvalue weighted by Crippen LogP contribution is 2.25. The van der Waals surface area contributed by atoms with Gasteiger partial charge in [0.05, 0.1) is 18.7 Å². The summed E-state index contributed by atoms with van der Waals surface area (Å²) in [6.07, 6.45) is 0.867. The van der Waals surface area contributed by atoms with E-state index in [1.54, 1.807) is 0 Å². The Labute approximate surface area is 139 Å². The number of aromatic nitrogens is 1. The molecule has 25 heavy (non-hydrogen) atoms. The van der Waals surface area contributed by atoms with E-state index in [0.29, 0.717) is 0 Å². The number of carbonyl (C=O) groups excluding carboxylic acids is 2. The first-order valence-corrected chi connectivity index (χ1v) is 6.82.